The van der Waals surface area contributed by atoms with E-state index < -0.39 is 0 Å². The van der Waals surface area contributed by atoms with Crippen molar-refractivity contribution in [2.45, 2.75) is 19.8 Å². The molecule has 0 aromatic rings. The van der Waals surface area contributed by atoms with Gasteiger partial charge in [0.25, 0.3) is 0 Å². The minimum absolute atomic E-state index is 1.14. The van der Waals surface area contributed by atoms with Crippen molar-refractivity contribution in [2.24, 2.45) is 0 Å². The maximum Gasteiger partial charge on any atom is 0.0169 e. The molecule has 0 fully saturated rings. The van der Waals surface area contributed by atoms with E-state index in [0.29, 0.717) is 0 Å². The van der Waals surface area contributed by atoms with Crippen molar-refractivity contribution >= 4 is 0 Å². The standard InChI is InChI=1S/C9H17N/c1-4-6-8-10(3)9-7-5-2/h4,6,8H,1,5,7,9H2,2-3H3/b8-6-. The molecule has 0 amide bonds. The van der Waals surface area contributed by atoms with Crippen LogP contribution in [0.2, 0.25) is 0 Å². The molecule has 0 atom stereocenters. The molecule has 0 aliphatic rings. The van der Waals surface area contributed by atoms with E-state index in [2.05, 4.69) is 25.5 Å². The third kappa shape index (κ3) is 5.42. The molecule has 0 spiro atoms. The Labute approximate surface area is 64.0 Å². The van der Waals surface area contributed by atoms with Crippen molar-refractivity contribution in [1.82, 2.24) is 4.90 Å². The van der Waals surface area contributed by atoms with Gasteiger partial charge in [-0.15, -0.1) is 0 Å². The zero-order chi connectivity index (χ0) is 7.82. The van der Waals surface area contributed by atoms with Crippen LogP contribution in [0.3, 0.4) is 0 Å². The first-order valence-corrected chi connectivity index (χ1v) is 3.80. The highest BCUT2D eigenvalue weighted by Gasteiger charge is 1.86. The Kier molecular flexibility index (Phi) is 5.94. The van der Waals surface area contributed by atoms with Crippen LogP contribution < -0.4 is 0 Å². The van der Waals surface area contributed by atoms with Crippen LogP contribution in [0.4, 0.5) is 0 Å². The lowest BCUT2D eigenvalue weighted by Gasteiger charge is -2.11. The predicted octanol–water partition coefficient (Wildman–Crippen LogP) is 2.42. The van der Waals surface area contributed by atoms with E-state index >= 15 is 0 Å². The highest BCUT2D eigenvalue weighted by molar-refractivity contribution is 4.96. The molecule has 0 unspecified atom stereocenters. The van der Waals surface area contributed by atoms with Gasteiger partial charge in [0.1, 0.15) is 0 Å². The van der Waals surface area contributed by atoms with Gasteiger partial charge in [0.05, 0.1) is 0 Å². The molecule has 0 saturated heterocycles. The Bertz CT molecular complexity index is 105. The Morgan fingerprint density at radius 3 is 2.70 bits per heavy atom. The van der Waals surface area contributed by atoms with E-state index in [-0.39, 0.29) is 0 Å². The SMILES string of the molecule is C=C/C=C\N(C)CCCC. The van der Waals surface area contributed by atoms with Gasteiger partial charge in [-0.3, -0.25) is 0 Å². The first-order chi connectivity index (χ1) is 4.81. The molecule has 0 heterocycles. The van der Waals surface area contributed by atoms with Crippen molar-refractivity contribution < 1.29 is 0 Å². The van der Waals surface area contributed by atoms with Gasteiger partial charge in [0, 0.05) is 13.6 Å². The number of nitrogens with zero attached hydrogens (tertiary/aromatic N) is 1. The molecule has 0 aromatic carbocycles. The number of allylic oxidation sites excluding steroid dienone is 2. The monoisotopic (exact) mass is 139 g/mol. The Morgan fingerprint density at radius 2 is 2.20 bits per heavy atom. The normalized spacial score (nSPS) is 10.2. The van der Waals surface area contributed by atoms with Gasteiger partial charge >= 0.3 is 0 Å². The lowest BCUT2D eigenvalue weighted by molar-refractivity contribution is 0.441. The summed E-state index contributed by atoms with van der Waals surface area (Å²) in [5.41, 5.74) is 0. The van der Waals surface area contributed by atoms with Crippen LogP contribution in [-0.2, 0) is 0 Å². The van der Waals surface area contributed by atoms with E-state index in [1.807, 2.05) is 12.3 Å². The number of rotatable bonds is 5. The van der Waals surface area contributed by atoms with Gasteiger partial charge in [-0.2, -0.15) is 0 Å². The smallest absolute Gasteiger partial charge is 0.0169 e. The van der Waals surface area contributed by atoms with E-state index in [9.17, 15) is 0 Å². The summed E-state index contributed by atoms with van der Waals surface area (Å²) in [6.45, 7) is 6.94. The molecule has 58 valence electrons. The maximum absolute atomic E-state index is 3.60. The minimum atomic E-state index is 1.14. The molecule has 0 N–H and O–H groups in total. The van der Waals surface area contributed by atoms with Crippen molar-refractivity contribution in [3.8, 4) is 0 Å². The Morgan fingerprint density at radius 1 is 1.50 bits per heavy atom. The molecule has 10 heavy (non-hydrogen) atoms. The zero-order valence-electron chi connectivity index (χ0n) is 7.01. The topological polar surface area (TPSA) is 3.24 Å². The van der Waals surface area contributed by atoms with E-state index in [1.54, 1.807) is 6.08 Å². The number of unbranched alkanes of at least 4 members (excludes halogenated alkanes) is 1. The number of hydrogen-bond acceptors (Lipinski definition) is 1. The highest BCUT2D eigenvalue weighted by atomic mass is 15.1. The molecule has 0 saturated carbocycles. The summed E-state index contributed by atoms with van der Waals surface area (Å²) in [6.07, 6.45) is 8.31. The van der Waals surface area contributed by atoms with Crippen molar-refractivity contribution in [3.63, 3.8) is 0 Å². The molecular formula is C9H17N. The van der Waals surface area contributed by atoms with Crippen molar-refractivity contribution in [2.75, 3.05) is 13.6 Å². The van der Waals surface area contributed by atoms with Crippen molar-refractivity contribution in [1.29, 1.82) is 0 Å². The minimum Gasteiger partial charge on any atom is -0.380 e. The summed E-state index contributed by atoms with van der Waals surface area (Å²) in [4.78, 5) is 2.17. The van der Waals surface area contributed by atoms with Crippen LogP contribution in [0, 0.1) is 0 Å². The molecule has 1 nitrogen and oxygen atoms in total. The average Bonchev–Trinajstić information content (AvgIpc) is 1.97. The lowest BCUT2D eigenvalue weighted by Crippen LogP contribution is -2.11. The van der Waals surface area contributed by atoms with Crippen LogP contribution in [0.15, 0.2) is 24.9 Å². The largest absolute Gasteiger partial charge is 0.380 e. The number of hydrogen-bond donors (Lipinski definition) is 0. The lowest BCUT2D eigenvalue weighted by atomic mass is 10.3. The quantitative estimate of drug-likeness (QED) is 0.529. The fourth-order valence-electron chi connectivity index (χ4n) is 0.690. The Balaban J connectivity index is 3.32. The molecule has 0 rings (SSSR count). The second-order valence-corrected chi connectivity index (χ2v) is 2.41. The molecule has 0 aliphatic carbocycles. The first kappa shape index (κ1) is 9.28. The molecule has 0 bridgehead atoms. The highest BCUT2D eigenvalue weighted by Crippen LogP contribution is 1.91. The fraction of sp³-hybridized carbons (Fsp3) is 0.556. The summed E-state index contributed by atoms with van der Waals surface area (Å²) >= 11 is 0. The van der Waals surface area contributed by atoms with Gasteiger partial charge in [-0.1, -0.05) is 26.0 Å². The summed E-state index contributed by atoms with van der Waals surface area (Å²) in [5, 5.41) is 0. The Hall–Kier alpha value is -0.720. The van der Waals surface area contributed by atoms with Gasteiger partial charge in [-0.25, -0.2) is 0 Å². The summed E-state index contributed by atoms with van der Waals surface area (Å²) in [6, 6.07) is 0. The van der Waals surface area contributed by atoms with Gasteiger partial charge in [0.15, 0.2) is 0 Å². The van der Waals surface area contributed by atoms with E-state index in [1.165, 1.54) is 12.8 Å². The van der Waals surface area contributed by atoms with Crippen LogP contribution in [0.1, 0.15) is 19.8 Å². The zero-order valence-corrected chi connectivity index (χ0v) is 7.01. The van der Waals surface area contributed by atoms with E-state index in [4.69, 9.17) is 0 Å². The van der Waals surface area contributed by atoms with Crippen LogP contribution in [0.25, 0.3) is 0 Å². The van der Waals surface area contributed by atoms with Crippen LogP contribution in [-0.4, -0.2) is 18.5 Å². The average molecular weight is 139 g/mol. The molecule has 0 aromatic heterocycles. The second-order valence-electron chi connectivity index (χ2n) is 2.41. The summed E-state index contributed by atoms with van der Waals surface area (Å²) in [5.74, 6) is 0. The molecule has 1 heteroatoms. The summed E-state index contributed by atoms with van der Waals surface area (Å²) in [7, 11) is 2.08. The van der Waals surface area contributed by atoms with Crippen LogP contribution >= 0.6 is 0 Å². The van der Waals surface area contributed by atoms with Gasteiger partial charge in [0.2, 0.25) is 0 Å². The molecule has 0 aliphatic heterocycles. The maximum atomic E-state index is 3.60. The second kappa shape index (κ2) is 6.40. The van der Waals surface area contributed by atoms with Crippen LogP contribution in [0.5, 0.6) is 0 Å². The molecular weight excluding hydrogens is 122 g/mol. The molecule has 0 radical (unpaired) electrons. The predicted molar refractivity (Wildman–Crippen MR) is 46.9 cm³/mol. The van der Waals surface area contributed by atoms with Crippen molar-refractivity contribution in [3.05, 3.63) is 24.9 Å². The van der Waals surface area contributed by atoms with Gasteiger partial charge in [-0.05, 0) is 18.7 Å². The third-order valence-corrected chi connectivity index (χ3v) is 1.34. The third-order valence-electron chi connectivity index (χ3n) is 1.34. The first-order valence-electron chi connectivity index (χ1n) is 3.80. The summed E-state index contributed by atoms with van der Waals surface area (Å²) < 4.78 is 0. The van der Waals surface area contributed by atoms with Gasteiger partial charge < -0.3 is 4.90 Å². The van der Waals surface area contributed by atoms with E-state index in [0.717, 1.165) is 6.54 Å². The fourth-order valence-corrected chi connectivity index (χ4v) is 0.690.